The third-order valence-corrected chi connectivity index (χ3v) is 5.71. The molecule has 0 radical (unpaired) electrons. The molecular weight excluding hydrogens is 421 g/mol. The molecule has 0 spiro atoms. The van der Waals surface area contributed by atoms with Gasteiger partial charge in [-0.05, 0) is 47.7 Å². The van der Waals surface area contributed by atoms with E-state index >= 15 is 0 Å². The van der Waals surface area contributed by atoms with Crippen molar-refractivity contribution < 1.29 is 18.9 Å². The number of halogens is 1. The van der Waals surface area contributed by atoms with Crippen molar-refractivity contribution in [1.29, 1.82) is 0 Å². The Morgan fingerprint density at radius 3 is 2.48 bits per heavy atom. The number of nitrogens with zero attached hydrogens (tertiary/aromatic N) is 3. The van der Waals surface area contributed by atoms with Crippen molar-refractivity contribution in [2.75, 3.05) is 0 Å². The Balaban J connectivity index is 1.56. The van der Waals surface area contributed by atoms with Gasteiger partial charge in [0.2, 0.25) is 0 Å². The summed E-state index contributed by atoms with van der Waals surface area (Å²) in [6.45, 7) is 0.300. The van der Waals surface area contributed by atoms with Gasteiger partial charge in [-0.2, -0.15) is 0 Å². The first kappa shape index (κ1) is 20.5. The largest absolute Gasteiger partial charge is 0.343 e. The van der Waals surface area contributed by atoms with Crippen LogP contribution < -0.4 is 0 Å². The van der Waals surface area contributed by atoms with Gasteiger partial charge in [0.05, 0.1) is 22.9 Å². The normalized spacial score (nSPS) is 15.1. The lowest BCUT2D eigenvalue weighted by Gasteiger charge is -2.12. The number of imide groups is 1. The highest BCUT2D eigenvalue weighted by atomic mass is 32.2. The van der Waals surface area contributed by atoms with E-state index in [2.05, 4.69) is 0 Å². The monoisotopic (exact) mass is 437 g/mol. The zero-order valence-corrected chi connectivity index (χ0v) is 16.9. The maximum absolute atomic E-state index is 13.1. The van der Waals surface area contributed by atoms with Crippen LogP contribution in [0.4, 0.5) is 14.9 Å². The molecule has 0 N–H and O–H groups in total. The van der Waals surface area contributed by atoms with E-state index in [1.165, 1.54) is 30.3 Å². The number of carbonyl (C=O) groups is 2. The van der Waals surface area contributed by atoms with Crippen LogP contribution in [0.2, 0.25) is 0 Å². The van der Waals surface area contributed by atoms with E-state index in [0.29, 0.717) is 16.8 Å². The van der Waals surface area contributed by atoms with E-state index in [0.717, 1.165) is 16.7 Å². The second kappa shape index (κ2) is 8.57. The number of para-hydroxylation sites is 1. The molecule has 1 aliphatic heterocycles. The molecule has 2 aromatic carbocycles. The average molecular weight is 437 g/mol. The molecule has 1 saturated heterocycles. The number of aromatic nitrogens is 1. The van der Waals surface area contributed by atoms with Crippen LogP contribution in [-0.2, 0) is 17.9 Å². The molecule has 31 heavy (non-hydrogen) atoms. The number of rotatable bonds is 6. The first-order valence-corrected chi connectivity index (χ1v) is 10.1. The van der Waals surface area contributed by atoms with E-state index in [1.54, 1.807) is 47.2 Å². The van der Waals surface area contributed by atoms with Crippen molar-refractivity contribution in [2.24, 2.45) is 0 Å². The average Bonchev–Trinajstić information content (AvgIpc) is 3.29. The van der Waals surface area contributed by atoms with Crippen LogP contribution in [0.1, 0.15) is 16.8 Å². The van der Waals surface area contributed by atoms with Gasteiger partial charge in [-0.15, -0.1) is 0 Å². The number of hydrogen-bond donors (Lipinski definition) is 0. The molecule has 2 heterocycles. The highest BCUT2D eigenvalue weighted by molar-refractivity contribution is 8.18. The summed E-state index contributed by atoms with van der Waals surface area (Å²) >= 11 is 0.828. The fourth-order valence-electron chi connectivity index (χ4n) is 3.25. The SMILES string of the molecule is O=C1S/C(=C/c2cccn2Cc2ccccc2[N+](=O)[O-])C(=O)N1Cc1ccc(F)cc1. The molecule has 2 amide bonds. The van der Waals surface area contributed by atoms with Crippen LogP contribution in [-0.4, -0.2) is 25.5 Å². The molecular formula is C22H16FN3O4S. The lowest BCUT2D eigenvalue weighted by molar-refractivity contribution is -0.385. The van der Waals surface area contributed by atoms with Gasteiger partial charge in [0, 0.05) is 23.5 Å². The standard InChI is InChI=1S/C22H16FN3O4S/c23-17-9-7-15(8-10-17)13-25-21(27)20(31-22(25)28)12-18-5-3-11-24(18)14-16-4-1-2-6-19(16)26(29)30/h1-12H,13-14H2/b20-12+. The Labute approximate surface area is 180 Å². The topological polar surface area (TPSA) is 85.5 Å². The van der Waals surface area contributed by atoms with Crippen LogP contribution in [0.25, 0.3) is 6.08 Å². The molecule has 1 aromatic heterocycles. The molecule has 9 heteroatoms. The van der Waals surface area contributed by atoms with E-state index < -0.39 is 21.9 Å². The maximum Gasteiger partial charge on any atom is 0.293 e. The van der Waals surface area contributed by atoms with Gasteiger partial charge >= 0.3 is 0 Å². The summed E-state index contributed by atoms with van der Waals surface area (Å²) in [5.74, 6) is -0.824. The van der Waals surface area contributed by atoms with Gasteiger partial charge in [0.25, 0.3) is 16.8 Å². The van der Waals surface area contributed by atoms with Crippen molar-refractivity contribution in [3.05, 3.63) is 105 Å². The first-order valence-electron chi connectivity index (χ1n) is 9.29. The van der Waals surface area contributed by atoms with Gasteiger partial charge < -0.3 is 4.57 Å². The van der Waals surface area contributed by atoms with E-state index in [9.17, 15) is 24.1 Å². The molecule has 0 saturated carbocycles. The number of amides is 2. The molecule has 0 atom stereocenters. The quantitative estimate of drug-likeness (QED) is 0.314. The number of benzene rings is 2. The van der Waals surface area contributed by atoms with E-state index in [-0.39, 0.29) is 23.7 Å². The second-order valence-electron chi connectivity index (χ2n) is 6.84. The smallest absolute Gasteiger partial charge is 0.293 e. The number of nitro benzene ring substituents is 1. The summed E-state index contributed by atoms with van der Waals surface area (Å²) in [6, 6.07) is 15.6. The van der Waals surface area contributed by atoms with Crippen molar-refractivity contribution >= 4 is 34.7 Å². The zero-order valence-electron chi connectivity index (χ0n) is 16.1. The Morgan fingerprint density at radius 1 is 1.00 bits per heavy atom. The Kier molecular flexibility index (Phi) is 5.68. The second-order valence-corrected chi connectivity index (χ2v) is 7.83. The van der Waals surface area contributed by atoms with Crippen LogP contribution >= 0.6 is 11.8 Å². The Bertz CT molecular complexity index is 1200. The summed E-state index contributed by atoms with van der Waals surface area (Å²) in [7, 11) is 0. The third-order valence-electron chi connectivity index (χ3n) is 4.80. The molecule has 156 valence electrons. The predicted molar refractivity (Wildman–Crippen MR) is 115 cm³/mol. The van der Waals surface area contributed by atoms with Crippen molar-refractivity contribution in [3.63, 3.8) is 0 Å². The molecule has 1 aliphatic rings. The number of nitro groups is 1. The van der Waals surface area contributed by atoms with Gasteiger partial charge in [0.15, 0.2) is 0 Å². The van der Waals surface area contributed by atoms with Gasteiger partial charge in [0.1, 0.15) is 5.82 Å². The summed E-state index contributed by atoms with van der Waals surface area (Å²) in [6.07, 6.45) is 3.36. The molecule has 7 nitrogen and oxygen atoms in total. The summed E-state index contributed by atoms with van der Waals surface area (Å²) < 4.78 is 14.9. The van der Waals surface area contributed by atoms with Gasteiger partial charge in [-0.1, -0.05) is 30.3 Å². The molecule has 0 aliphatic carbocycles. The fourth-order valence-corrected chi connectivity index (χ4v) is 4.07. The minimum absolute atomic E-state index is 0.0155. The Morgan fingerprint density at radius 2 is 1.74 bits per heavy atom. The molecule has 0 bridgehead atoms. The molecule has 0 unspecified atom stereocenters. The van der Waals surface area contributed by atoms with Crippen LogP contribution in [0.3, 0.4) is 0 Å². The third kappa shape index (κ3) is 4.41. The fraction of sp³-hybridized carbons (Fsp3) is 0.0909. The van der Waals surface area contributed by atoms with Crippen molar-refractivity contribution in [2.45, 2.75) is 13.1 Å². The summed E-state index contributed by atoms with van der Waals surface area (Å²) in [4.78, 5) is 37.3. The van der Waals surface area contributed by atoms with Gasteiger partial charge in [-0.3, -0.25) is 24.6 Å². The first-order chi connectivity index (χ1) is 14.9. The minimum atomic E-state index is -0.433. The van der Waals surface area contributed by atoms with Crippen LogP contribution in [0, 0.1) is 15.9 Å². The summed E-state index contributed by atoms with van der Waals surface area (Å²) in [5.41, 5.74) is 1.83. The number of carbonyl (C=O) groups excluding carboxylic acids is 2. The zero-order chi connectivity index (χ0) is 22.0. The highest BCUT2D eigenvalue weighted by Crippen LogP contribution is 2.33. The lowest BCUT2D eigenvalue weighted by atomic mass is 10.2. The van der Waals surface area contributed by atoms with E-state index in [4.69, 9.17) is 0 Å². The van der Waals surface area contributed by atoms with Crippen LogP contribution in [0.5, 0.6) is 0 Å². The molecule has 1 fully saturated rings. The maximum atomic E-state index is 13.1. The Hall–Kier alpha value is -3.72. The highest BCUT2D eigenvalue weighted by Gasteiger charge is 2.35. The van der Waals surface area contributed by atoms with E-state index in [1.807, 2.05) is 0 Å². The minimum Gasteiger partial charge on any atom is -0.343 e. The molecule has 4 rings (SSSR count). The number of hydrogen-bond acceptors (Lipinski definition) is 5. The predicted octanol–water partition coefficient (Wildman–Crippen LogP) is 4.82. The number of thioether (sulfide) groups is 1. The van der Waals surface area contributed by atoms with Crippen molar-refractivity contribution in [1.82, 2.24) is 9.47 Å². The lowest BCUT2D eigenvalue weighted by Crippen LogP contribution is -2.27. The molecule has 3 aromatic rings. The van der Waals surface area contributed by atoms with Crippen LogP contribution in [0.15, 0.2) is 71.8 Å². The van der Waals surface area contributed by atoms with Gasteiger partial charge in [-0.25, -0.2) is 4.39 Å². The van der Waals surface area contributed by atoms with Crippen molar-refractivity contribution in [3.8, 4) is 0 Å². The summed E-state index contributed by atoms with van der Waals surface area (Å²) in [5, 5.41) is 10.9.